The quantitative estimate of drug-likeness (QED) is 0.431. The lowest BCUT2D eigenvalue weighted by Crippen LogP contribution is -2.47. The topological polar surface area (TPSA) is 35.6 Å². The van der Waals surface area contributed by atoms with Crippen molar-refractivity contribution in [3.05, 3.63) is 52.3 Å². The van der Waals surface area contributed by atoms with Crippen molar-refractivity contribution in [1.29, 1.82) is 0 Å². The van der Waals surface area contributed by atoms with E-state index in [9.17, 15) is 26.7 Å². The molecule has 0 spiro atoms. The van der Waals surface area contributed by atoms with Gasteiger partial charge in [-0.25, -0.2) is 22.0 Å². The lowest BCUT2D eigenvalue weighted by molar-refractivity contribution is -0.115. The summed E-state index contributed by atoms with van der Waals surface area (Å²) >= 11 is 6.28. The van der Waals surface area contributed by atoms with Gasteiger partial charge in [0.1, 0.15) is 5.69 Å². The molecule has 1 heterocycles. The molecule has 2 aromatic rings. The Bertz CT molecular complexity index is 919. The molecule has 4 nitrogen and oxygen atoms in total. The molecule has 0 aromatic heterocycles. The van der Waals surface area contributed by atoms with Crippen LogP contribution in [0.5, 0.6) is 0 Å². The lowest BCUT2D eigenvalue weighted by atomic mass is 10.2. The van der Waals surface area contributed by atoms with Crippen LogP contribution in [0.1, 0.15) is 13.3 Å². The third-order valence-corrected chi connectivity index (χ3v) is 4.98. The summed E-state index contributed by atoms with van der Waals surface area (Å²) in [6, 6.07) is 4.95. The normalized spacial score (nSPS) is 14.3. The summed E-state index contributed by atoms with van der Waals surface area (Å²) in [4.78, 5) is 14.4. The molecule has 156 valence electrons. The van der Waals surface area contributed by atoms with Gasteiger partial charge in [0.2, 0.25) is 11.7 Å². The Balaban J connectivity index is 1.76. The number of anilines is 3. The molecule has 10 heteroatoms. The van der Waals surface area contributed by atoms with Gasteiger partial charge in [-0.1, -0.05) is 18.5 Å². The van der Waals surface area contributed by atoms with Gasteiger partial charge in [-0.2, -0.15) is 0 Å². The molecule has 3 rings (SSSR count). The molecule has 0 bridgehead atoms. The molecule has 29 heavy (non-hydrogen) atoms. The van der Waals surface area contributed by atoms with Crippen LogP contribution < -0.4 is 15.1 Å². The van der Waals surface area contributed by atoms with E-state index in [0.717, 1.165) is 4.90 Å². The Kier molecular flexibility index (Phi) is 6.16. The molecule has 0 unspecified atom stereocenters. The molecule has 1 aliphatic rings. The predicted molar refractivity (Wildman–Crippen MR) is 101 cm³/mol. The number of amides is 1. The van der Waals surface area contributed by atoms with Crippen molar-refractivity contribution in [1.82, 2.24) is 0 Å². The van der Waals surface area contributed by atoms with Gasteiger partial charge >= 0.3 is 0 Å². The van der Waals surface area contributed by atoms with E-state index in [0.29, 0.717) is 22.8 Å². The van der Waals surface area contributed by atoms with Crippen LogP contribution >= 0.6 is 11.6 Å². The van der Waals surface area contributed by atoms with Crippen molar-refractivity contribution >= 4 is 34.6 Å². The van der Waals surface area contributed by atoms with Crippen molar-refractivity contribution in [2.24, 2.45) is 0 Å². The van der Waals surface area contributed by atoms with Gasteiger partial charge in [0.25, 0.3) is 0 Å². The zero-order chi connectivity index (χ0) is 21.3. The van der Waals surface area contributed by atoms with Crippen LogP contribution in [0.2, 0.25) is 5.02 Å². The highest BCUT2D eigenvalue weighted by Crippen LogP contribution is 2.33. The molecule has 2 aromatic carbocycles. The summed E-state index contributed by atoms with van der Waals surface area (Å²) in [6.07, 6.45) is 0.318. The fourth-order valence-corrected chi connectivity index (χ4v) is 3.43. The summed E-state index contributed by atoms with van der Waals surface area (Å²) in [5.41, 5.74) is 0.244. The summed E-state index contributed by atoms with van der Waals surface area (Å²) in [6.45, 7) is 2.28. The second-order valence-electron chi connectivity index (χ2n) is 6.46. The van der Waals surface area contributed by atoms with E-state index in [4.69, 9.17) is 11.6 Å². The number of halogens is 6. The number of nitrogens with zero attached hydrogens (tertiary/aromatic N) is 2. The number of carbonyl (C=O) groups is 1. The molecular weight excluding hydrogens is 417 g/mol. The maximum Gasteiger partial charge on any atom is 0.224 e. The summed E-state index contributed by atoms with van der Waals surface area (Å²) in [7, 11) is 0. The largest absolute Gasteiger partial charge is 0.367 e. The minimum Gasteiger partial charge on any atom is -0.367 e. The standard InChI is InChI=1S/C19H17ClF5N3O/c1-2-13(29)26-10-3-4-12(11(20)9-10)27-5-7-28(8-6-27)19-17(24)15(22)14(21)16(23)18(19)25/h3-4,9H,2,5-8H2,1H3,(H,26,29). The molecule has 0 saturated carbocycles. The molecule has 1 saturated heterocycles. The molecule has 0 atom stereocenters. The van der Waals surface area contributed by atoms with Gasteiger partial charge in [0, 0.05) is 38.3 Å². The van der Waals surface area contributed by atoms with Crippen LogP contribution in [-0.4, -0.2) is 32.1 Å². The fraction of sp³-hybridized carbons (Fsp3) is 0.316. The van der Waals surface area contributed by atoms with E-state index in [2.05, 4.69) is 5.32 Å². The first-order valence-corrected chi connectivity index (χ1v) is 9.23. The van der Waals surface area contributed by atoms with Gasteiger partial charge in [0.05, 0.1) is 10.7 Å². The fourth-order valence-electron chi connectivity index (χ4n) is 3.13. The molecule has 0 aliphatic carbocycles. The first-order chi connectivity index (χ1) is 13.7. The van der Waals surface area contributed by atoms with E-state index in [1.165, 1.54) is 0 Å². The van der Waals surface area contributed by atoms with Gasteiger partial charge in [-0.05, 0) is 18.2 Å². The summed E-state index contributed by atoms with van der Waals surface area (Å²) in [5, 5.41) is 3.05. The van der Waals surface area contributed by atoms with Crippen LogP contribution in [-0.2, 0) is 4.79 Å². The van der Waals surface area contributed by atoms with Gasteiger partial charge in [0.15, 0.2) is 23.3 Å². The van der Waals surface area contributed by atoms with E-state index >= 15 is 0 Å². The van der Waals surface area contributed by atoms with E-state index in [-0.39, 0.29) is 32.1 Å². The minimum atomic E-state index is -2.18. The Morgan fingerprint density at radius 2 is 1.45 bits per heavy atom. The van der Waals surface area contributed by atoms with Crippen molar-refractivity contribution in [3.63, 3.8) is 0 Å². The third-order valence-electron chi connectivity index (χ3n) is 4.68. The highest BCUT2D eigenvalue weighted by atomic mass is 35.5. The average molecular weight is 434 g/mol. The van der Waals surface area contributed by atoms with Crippen molar-refractivity contribution in [2.45, 2.75) is 13.3 Å². The lowest BCUT2D eigenvalue weighted by Gasteiger charge is -2.38. The van der Waals surface area contributed by atoms with Crippen LogP contribution in [0.15, 0.2) is 18.2 Å². The molecule has 1 amide bonds. The van der Waals surface area contributed by atoms with E-state index in [1.807, 2.05) is 4.90 Å². The Morgan fingerprint density at radius 3 is 1.97 bits per heavy atom. The van der Waals surface area contributed by atoms with Gasteiger partial charge < -0.3 is 15.1 Å². The molecule has 0 radical (unpaired) electrons. The predicted octanol–water partition coefficient (Wildman–Crippen LogP) is 4.71. The molecule has 1 fully saturated rings. The number of rotatable bonds is 4. The van der Waals surface area contributed by atoms with Crippen LogP contribution in [0.4, 0.5) is 39.0 Å². The van der Waals surface area contributed by atoms with E-state index in [1.54, 1.807) is 25.1 Å². The van der Waals surface area contributed by atoms with Crippen LogP contribution in [0.3, 0.4) is 0 Å². The number of hydrogen-bond donors (Lipinski definition) is 1. The smallest absolute Gasteiger partial charge is 0.224 e. The zero-order valence-electron chi connectivity index (χ0n) is 15.3. The van der Waals surface area contributed by atoms with Crippen molar-refractivity contribution in [2.75, 3.05) is 41.3 Å². The highest BCUT2D eigenvalue weighted by Gasteiger charge is 2.31. The van der Waals surface area contributed by atoms with Crippen molar-refractivity contribution < 1.29 is 26.7 Å². The molecular formula is C19H17ClF5N3O. The maximum absolute atomic E-state index is 14.0. The maximum atomic E-state index is 14.0. The molecule has 1 aliphatic heterocycles. The van der Waals surface area contributed by atoms with Crippen LogP contribution in [0.25, 0.3) is 0 Å². The second-order valence-corrected chi connectivity index (χ2v) is 6.87. The highest BCUT2D eigenvalue weighted by molar-refractivity contribution is 6.33. The summed E-state index contributed by atoms with van der Waals surface area (Å²) < 4.78 is 68.2. The summed E-state index contributed by atoms with van der Waals surface area (Å²) in [5.74, 6) is -9.95. The number of nitrogens with one attached hydrogen (secondary N) is 1. The van der Waals surface area contributed by atoms with Crippen molar-refractivity contribution in [3.8, 4) is 0 Å². The second kappa shape index (κ2) is 8.44. The Morgan fingerprint density at radius 1 is 0.931 bits per heavy atom. The third kappa shape index (κ3) is 4.10. The first-order valence-electron chi connectivity index (χ1n) is 8.85. The average Bonchev–Trinajstić information content (AvgIpc) is 2.71. The van der Waals surface area contributed by atoms with E-state index < -0.39 is 34.8 Å². The molecule has 1 N–H and O–H groups in total. The first kappa shape index (κ1) is 21.2. The van der Waals surface area contributed by atoms with Gasteiger partial charge in [-0.15, -0.1) is 0 Å². The number of hydrogen-bond acceptors (Lipinski definition) is 3. The number of piperazine rings is 1. The SMILES string of the molecule is CCC(=O)Nc1ccc(N2CCN(c3c(F)c(F)c(F)c(F)c3F)CC2)c(Cl)c1. The minimum absolute atomic E-state index is 0.0308. The van der Waals surface area contributed by atoms with Gasteiger partial charge in [-0.3, -0.25) is 4.79 Å². The van der Waals surface area contributed by atoms with Crippen LogP contribution in [0, 0.1) is 29.1 Å². The number of carbonyl (C=O) groups excluding carboxylic acids is 1. The Hall–Kier alpha value is -2.55. The Labute approximate surface area is 168 Å². The number of benzene rings is 2. The monoisotopic (exact) mass is 433 g/mol. The zero-order valence-corrected chi connectivity index (χ0v) is 16.1.